The largest absolute Gasteiger partial charge is 0.493 e. The molecular weight excluding hydrogens is 542 g/mol. The average molecular weight is 580 g/mol. The molecule has 5 rings (SSSR count). The maximum Gasteiger partial charge on any atom is 0.303 e. The van der Waals surface area contributed by atoms with Crippen LogP contribution in [0.25, 0.3) is 11.1 Å². The number of aryl methyl sites for hydroxylation is 2. The standard InChI is InChI=1S/C36H37NO6/c1-41-32-21-28(22-33(42-2)35(32)43-3)36(40)37-23-29-19-27(31-12-8-7-11-25(31)16-18-34(38)39)15-14-26(29)20-30(37)17-13-24-9-5-4-6-10-24/h4-12,14-15,19,21-22,30H,13,16-18,20,23H2,1-3H3,(H,38,39). The highest BCUT2D eigenvalue weighted by atomic mass is 16.5. The van der Waals surface area contributed by atoms with E-state index in [1.807, 2.05) is 47.4 Å². The number of carbonyl (C=O) groups is 2. The Bertz CT molecular complexity index is 1570. The van der Waals surface area contributed by atoms with Gasteiger partial charge in [0.2, 0.25) is 5.75 Å². The van der Waals surface area contributed by atoms with Gasteiger partial charge in [-0.25, -0.2) is 0 Å². The maximum atomic E-state index is 14.2. The highest BCUT2D eigenvalue weighted by molar-refractivity contribution is 5.96. The number of methoxy groups -OCH3 is 3. The monoisotopic (exact) mass is 579 g/mol. The first-order valence-corrected chi connectivity index (χ1v) is 14.5. The fourth-order valence-electron chi connectivity index (χ4n) is 5.92. The van der Waals surface area contributed by atoms with Crippen molar-refractivity contribution in [3.05, 3.63) is 113 Å². The molecule has 0 aromatic heterocycles. The SMILES string of the molecule is COc1cc(C(=O)N2Cc3cc(-c4ccccc4CCC(=O)O)ccc3CC2CCc2ccccc2)cc(OC)c1OC. The molecule has 0 radical (unpaired) electrons. The summed E-state index contributed by atoms with van der Waals surface area (Å²) in [6.07, 6.45) is 2.94. The molecular formula is C36H37NO6. The van der Waals surface area contributed by atoms with Gasteiger partial charge in [-0.1, -0.05) is 66.7 Å². The third-order valence-corrected chi connectivity index (χ3v) is 8.16. The highest BCUT2D eigenvalue weighted by Gasteiger charge is 2.32. The van der Waals surface area contributed by atoms with Gasteiger partial charge >= 0.3 is 5.97 Å². The number of carboxylic acid groups (broad SMARTS) is 1. The summed E-state index contributed by atoms with van der Waals surface area (Å²) in [5.41, 5.74) is 7.04. The predicted octanol–water partition coefficient (Wildman–Crippen LogP) is 6.60. The second kappa shape index (κ2) is 13.5. The summed E-state index contributed by atoms with van der Waals surface area (Å²) in [5, 5.41) is 9.25. The van der Waals surface area contributed by atoms with Gasteiger partial charge in [0.25, 0.3) is 5.91 Å². The third-order valence-electron chi connectivity index (χ3n) is 8.16. The van der Waals surface area contributed by atoms with E-state index in [1.165, 1.54) is 11.1 Å². The van der Waals surface area contributed by atoms with Gasteiger partial charge in [0.1, 0.15) is 0 Å². The molecule has 1 aliphatic rings. The number of benzene rings is 4. The van der Waals surface area contributed by atoms with Crippen molar-refractivity contribution in [2.24, 2.45) is 0 Å². The van der Waals surface area contributed by atoms with Crippen molar-refractivity contribution in [1.29, 1.82) is 0 Å². The Labute approximate surface area is 252 Å². The molecule has 43 heavy (non-hydrogen) atoms. The van der Waals surface area contributed by atoms with Gasteiger partial charge in [0.05, 0.1) is 21.3 Å². The molecule has 0 aliphatic carbocycles. The minimum atomic E-state index is -0.817. The predicted molar refractivity (Wildman–Crippen MR) is 166 cm³/mol. The van der Waals surface area contributed by atoms with Crippen LogP contribution in [0, 0.1) is 0 Å². The van der Waals surface area contributed by atoms with Crippen molar-refractivity contribution < 1.29 is 28.9 Å². The van der Waals surface area contributed by atoms with E-state index in [2.05, 4.69) is 30.3 Å². The zero-order chi connectivity index (χ0) is 30.3. The molecule has 1 amide bonds. The van der Waals surface area contributed by atoms with Gasteiger partial charge in [-0.05, 0) is 77.3 Å². The Morgan fingerprint density at radius 2 is 1.51 bits per heavy atom. The second-order valence-corrected chi connectivity index (χ2v) is 10.8. The fourth-order valence-corrected chi connectivity index (χ4v) is 5.92. The van der Waals surface area contributed by atoms with Crippen molar-refractivity contribution in [3.8, 4) is 28.4 Å². The average Bonchev–Trinajstić information content (AvgIpc) is 3.05. The number of rotatable bonds is 11. The molecule has 4 aromatic rings. The molecule has 1 heterocycles. The lowest BCUT2D eigenvalue weighted by atomic mass is 9.87. The van der Waals surface area contributed by atoms with Gasteiger partial charge < -0.3 is 24.2 Å². The molecule has 0 fully saturated rings. The topological polar surface area (TPSA) is 85.3 Å². The summed E-state index contributed by atoms with van der Waals surface area (Å²) in [7, 11) is 4.63. The van der Waals surface area contributed by atoms with E-state index >= 15 is 0 Å². The molecule has 1 N–H and O–H groups in total. The quantitative estimate of drug-likeness (QED) is 0.216. The number of aliphatic carboxylic acids is 1. The lowest BCUT2D eigenvalue weighted by Gasteiger charge is -2.38. The van der Waals surface area contributed by atoms with E-state index in [9.17, 15) is 14.7 Å². The molecule has 0 bridgehead atoms. The molecule has 0 saturated heterocycles. The maximum absolute atomic E-state index is 14.2. The number of carbonyl (C=O) groups excluding carboxylic acids is 1. The molecule has 7 heteroatoms. The minimum Gasteiger partial charge on any atom is -0.493 e. The first-order chi connectivity index (χ1) is 20.9. The van der Waals surface area contributed by atoms with E-state index in [0.717, 1.165) is 41.5 Å². The number of nitrogens with zero attached hydrogens (tertiary/aromatic N) is 1. The van der Waals surface area contributed by atoms with E-state index < -0.39 is 5.97 Å². The Morgan fingerprint density at radius 1 is 0.814 bits per heavy atom. The summed E-state index contributed by atoms with van der Waals surface area (Å²) in [5.74, 6) is 0.391. The normalized spacial score (nSPS) is 14.1. The smallest absolute Gasteiger partial charge is 0.303 e. The molecule has 0 spiro atoms. The number of fused-ring (bicyclic) bond motifs is 1. The summed E-state index contributed by atoms with van der Waals surface area (Å²) in [6.45, 7) is 0.454. The van der Waals surface area contributed by atoms with Crippen molar-refractivity contribution >= 4 is 11.9 Å². The highest BCUT2D eigenvalue weighted by Crippen LogP contribution is 2.39. The van der Waals surface area contributed by atoms with Gasteiger partial charge in [0.15, 0.2) is 11.5 Å². The van der Waals surface area contributed by atoms with Crippen LogP contribution < -0.4 is 14.2 Å². The third kappa shape index (κ3) is 6.67. The van der Waals surface area contributed by atoms with E-state index in [0.29, 0.717) is 35.8 Å². The fraction of sp³-hybridized carbons (Fsp3) is 0.278. The summed E-state index contributed by atoms with van der Waals surface area (Å²) in [6, 6.07) is 28.1. The zero-order valence-electron chi connectivity index (χ0n) is 24.8. The number of hydrogen-bond donors (Lipinski definition) is 1. The minimum absolute atomic E-state index is 0.00648. The molecule has 1 aliphatic heterocycles. The van der Waals surface area contributed by atoms with Crippen LogP contribution in [0.2, 0.25) is 0 Å². The lowest BCUT2D eigenvalue weighted by Crippen LogP contribution is -2.44. The van der Waals surface area contributed by atoms with Gasteiger partial charge in [-0.3, -0.25) is 9.59 Å². The zero-order valence-corrected chi connectivity index (χ0v) is 24.8. The van der Waals surface area contributed by atoms with Crippen molar-refractivity contribution in [2.45, 2.75) is 44.7 Å². The van der Waals surface area contributed by atoms with Crippen LogP contribution in [0.3, 0.4) is 0 Å². The number of hydrogen-bond acceptors (Lipinski definition) is 5. The number of carboxylic acids is 1. The Balaban J connectivity index is 1.50. The summed E-state index contributed by atoms with van der Waals surface area (Å²) >= 11 is 0. The van der Waals surface area contributed by atoms with Crippen LogP contribution in [0.4, 0.5) is 0 Å². The van der Waals surface area contributed by atoms with Gasteiger partial charge in [-0.2, -0.15) is 0 Å². The van der Waals surface area contributed by atoms with Crippen molar-refractivity contribution in [2.75, 3.05) is 21.3 Å². The molecule has 4 aromatic carbocycles. The van der Waals surface area contributed by atoms with Gasteiger partial charge in [-0.15, -0.1) is 0 Å². The van der Waals surface area contributed by atoms with Crippen LogP contribution in [-0.4, -0.2) is 49.3 Å². The summed E-state index contributed by atoms with van der Waals surface area (Å²) < 4.78 is 16.6. The van der Waals surface area contributed by atoms with Crippen LogP contribution in [0.5, 0.6) is 17.2 Å². The van der Waals surface area contributed by atoms with E-state index in [1.54, 1.807) is 33.5 Å². The summed E-state index contributed by atoms with van der Waals surface area (Å²) in [4.78, 5) is 27.5. The van der Waals surface area contributed by atoms with Crippen molar-refractivity contribution in [3.63, 3.8) is 0 Å². The number of ether oxygens (including phenoxy) is 3. The van der Waals surface area contributed by atoms with Crippen molar-refractivity contribution in [1.82, 2.24) is 4.90 Å². The number of amides is 1. The van der Waals surface area contributed by atoms with Gasteiger partial charge in [0, 0.05) is 24.6 Å². The Morgan fingerprint density at radius 3 is 2.19 bits per heavy atom. The van der Waals surface area contributed by atoms with Crippen LogP contribution in [0.15, 0.2) is 84.9 Å². The first kappa shape index (κ1) is 29.7. The van der Waals surface area contributed by atoms with E-state index in [4.69, 9.17) is 14.2 Å². The molecule has 1 atom stereocenters. The molecule has 0 saturated carbocycles. The lowest BCUT2D eigenvalue weighted by molar-refractivity contribution is -0.136. The van der Waals surface area contributed by atoms with Crippen LogP contribution in [0.1, 0.15) is 45.5 Å². The van der Waals surface area contributed by atoms with E-state index in [-0.39, 0.29) is 18.4 Å². The molecule has 1 unspecified atom stereocenters. The Kier molecular flexibility index (Phi) is 9.30. The Hall–Kier alpha value is -4.78. The van der Waals surface area contributed by atoms with Crippen LogP contribution >= 0.6 is 0 Å². The molecule has 222 valence electrons. The molecule has 7 nitrogen and oxygen atoms in total. The van der Waals surface area contributed by atoms with Crippen LogP contribution in [-0.2, 0) is 30.6 Å². The first-order valence-electron chi connectivity index (χ1n) is 14.5. The second-order valence-electron chi connectivity index (χ2n) is 10.8.